The molecule has 1 saturated carbocycles. The predicted molar refractivity (Wildman–Crippen MR) is 91.4 cm³/mol. The molecule has 2 aliphatic rings. The lowest BCUT2D eigenvalue weighted by Crippen LogP contribution is -2.41. The fourth-order valence-electron chi connectivity index (χ4n) is 3.77. The molecule has 0 spiro atoms. The second-order valence-corrected chi connectivity index (χ2v) is 6.69. The highest BCUT2D eigenvalue weighted by atomic mass is 16.5. The van der Waals surface area contributed by atoms with Crippen LogP contribution in [0.5, 0.6) is 0 Å². The third kappa shape index (κ3) is 3.46. The van der Waals surface area contributed by atoms with Gasteiger partial charge in [0, 0.05) is 26.1 Å². The van der Waals surface area contributed by atoms with Gasteiger partial charge in [-0.15, -0.1) is 0 Å². The molecule has 3 rings (SSSR count). The molecule has 1 aromatic rings. The third-order valence-electron chi connectivity index (χ3n) is 5.12. The number of carbonyl (C=O) groups is 2. The van der Waals surface area contributed by atoms with Crippen molar-refractivity contribution in [3.8, 4) is 0 Å². The van der Waals surface area contributed by atoms with Crippen molar-refractivity contribution in [3.05, 3.63) is 35.9 Å². The van der Waals surface area contributed by atoms with Crippen LogP contribution in [-0.4, -0.2) is 48.5 Å². The number of urea groups is 1. The second-order valence-electron chi connectivity index (χ2n) is 6.69. The number of imide groups is 1. The predicted octanol–water partition coefficient (Wildman–Crippen LogP) is 3.22. The van der Waals surface area contributed by atoms with Crippen molar-refractivity contribution in [1.82, 2.24) is 9.80 Å². The molecule has 24 heavy (non-hydrogen) atoms. The van der Waals surface area contributed by atoms with Crippen LogP contribution in [0.2, 0.25) is 0 Å². The van der Waals surface area contributed by atoms with Gasteiger partial charge in [0.2, 0.25) is 5.91 Å². The summed E-state index contributed by atoms with van der Waals surface area (Å²) < 4.78 is 5.11. The van der Waals surface area contributed by atoms with E-state index < -0.39 is 0 Å². The molecular weight excluding hydrogens is 304 g/mol. The minimum Gasteiger partial charge on any atom is -0.383 e. The lowest BCUT2D eigenvalue weighted by molar-refractivity contribution is -0.134. The van der Waals surface area contributed by atoms with Gasteiger partial charge in [-0.2, -0.15) is 0 Å². The Kier molecular flexibility index (Phi) is 5.51. The van der Waals surface area contributed by atoms with E-state index in [2.05, 4.69) is 0 Å². The Balaban J connectivity index is 1.83. The quantitative estimate of drug-likeness (QED) is 0.833. The van der Waals surface area contributed by atoms with Crippen molar-refractivity contribution in [3.63, 3.8) is 0 Å². The highest BCUT2D eigenvalue weighted by Gasteiger charge is 2.43. The molecule has 130 valence electrons. The van der Waals surface area contributed by atoms with Crippen LogP contribution in [0, 0.1) is 5.92 Å². The van der Waals surface area contributed by atoms with Crippen molar-refractivity contribution in [2.75, 3.05) is 26.8 Å². The molecule has 1 atom stereocenters. The SMILES string of the molecule is COCCN1CC(c2ccccc2)N(C(=O)C2CCCCC2)C1=O. The zero-order chi connectivity index (χ0) is 16.9. The zero-order valence-corrected chi connectivity index (χ0v) is 14.3. The Morgan fingerprint density at radius 2 is 1.88 bits per heavy atom. The fraction of sp³-hybridized carbons (Fsp3) is 0.579. The Morgan fingerprint density at radius 1 is 1.17 bits per heavy atom. The van der Waals surface area contributed by atoms with Gasteiger partial charge in [-0.05, 0) is 18.4 Å². The van der Waals surface area contributed by atoms with Crippen molar-refractivity contribution in [2.45, 2.75) is 38.1 Å². The monoisotopic (exact) mass is 330 g/mol. The van der Waals surface area contributed by atoms with Gasteiger partial charge in [0.1, 0.15) is 0 Å². The van der Waals surface area contributed by atoms with Crippen molar-refractivity contribution < 1.29 is 14.3 Å². The van der Waals surface area contributed by atoms with Crippen molar-refractivity contribution in [1.29, 1.82) is 0 Å². The van der Waals surface area contributed by atoms with Crippen LogP contribution in [0.15, 0.2) is 30.3 Å². The number of methoxy groups -OCH3 is 1. The third-order valence-corrected chi connectivity index (χ3v) is 5.12. The molecule has 2 fully saturated rings. The smallest absolute Gasteiger partial charge is 0.327 e. The summed E-state index contributed by atoms with van der Waals surface area (Å²) in [5, 5.41) is 0. The van der Waals surface area contributed by atoms with E-state index in [4.69, 9.17) is 4.74 Å². The fourth-order valence-corrected chi connectivity index (χ4v) is 3.77. The van der Waals surface area contributed by atoms with Gasteiger partial charge in [0.25, 0.3) is 0 Å². The normalized spacial score (nSPS) is 22.2. The summed E-state index contributed by atoms with van der Waals surface area (Å²) in [5.41, 5.74) is 1.02. The number of ether oxygens (including phenoxy) is 1. The highest BCUT2D eigenvalue weighted by molar-refractivity contribution is 5.97. The van der Waals surface area contributed by atoms with E-state index >= 15 is 0 Å². The summed E-state index contributed by atoms with van der Waals surface area (Å²) in [6.07, 6.45) is 5.17. The van der Waals surface area contributed by atoms with Gasteiger partial charge in [0.05, 0.1) is 12.6 Å². The van der Waals surface area contributed by atoms with Crippen LogP contribution in [0.1, 0.15) is 43.7 Å². The molecule has 1 aliphatic heterocycles. The largest absolute Gasteiger partial charge is 0.383 e. The summed E-state index contributed by atoms with van der Waals surface area (Å²) in [5.74, 6) is 0.00440. The first-order chi connectivity index (χ1) is 11.7. The number of nitrogens with zero attached hydrogens (tertiary/aromatic N) is 2. The first-order valence-corrected chi connectivity index (χ1v) is 8.88. The number of benzene rings is 1. The maximum absolute atomic E-state index is 13.1. The Labute approximate surface area is 143 Å². The van der Waals surface area contributed by atoms with Crippen molar-refractivity contribution >= 4 is 11.9 Å². The summed E-state index contributed by atoms with van der Waals surface area (Å²) >= 11 is 0. The van der Waals surface area contributed by atoms with Crippen LogP contribution in [0.25, 0.3) is 0 Å². The first-order valence-electron chi connectivity index (χ1n) is 8.88. The molecule has 1 heterocycles. The molecule has 5 heteroatoms. The summed E-state index contributed by atoms with van der Waals surface area (Å²) in [6, 6.07) is 9.51. The molecule has 0 bridgehead atoms. The van der Waals surface area contributed by atoms with Gasteiger partial charge in [-0.3, -0.25) is 9.69 Å². The van der Waals surface area contributed by atoms with E-state index in [1.807, 2.05) is 30.3 Å². The van der Waals surface area contributed by atoms with E-state index in [9.17, 15) is 9.59 Å². The number of hydrogen-bond acceptors (Lipinski definition) is 3. The molecule has 5 nitrogen and oxygen atoms in total. The molecular formula is C19H26N2O3. The standard InChI is InChI=1S/C19H26N2O3/c1-24-13-12-20-14-17(15-8-4-2-5-9-15)21(19(20)23)18(22)16-10-6-3-7-11-16/h2,4-5,8-9,16-17H,3,6-7,10-14H2,1H3. The van der Waals surface area contributed by atoms with Crippen LogP contribution >= 0.6 is 0 Å². The minimum atomic E-state index is -0.190. The van der Waals surface area contributed by atoms with Gasteiger partial charge in [0.15, 0.2) is 0 Å². The molecule has 1 unspecified atom stereocenters. The number of carbonyl (C=O) groups excluding carboxylic acids is 2. The van der Waals surface area contributed by atoms with Crippen LogP contribution in [0.3, 0.4) is 0 Å². The van der Waals surface area contributed by atoms with E-state index in [1.165, 1.54) is 11.3 Å². The molecule has 0 radical (unpaired) electrons. The van der Waals surface area contributed by atoms with Crippen LogP contribution < -0.4 is 0 Å². The Bertz CT molecular complexity index is 569. The Morgan fingerprint density at radius 3 is 2.54 bits per heavy atom. The van der Waals surface area contributed by atoms with E-state index in [-0.39, 0.29) is 23.9 Å². The minimum absolute atomic E-state index is 0.00344. The lowest BCUT2D eigenvalue weighted by Gasteiger charge is -2.28. The average Bonchev–Trinajstić information content (AvgIpc) is 2.97. The van der Waals surface area contributed by atoms with Gasteiger partial charge in [-0.1, -0.05) is 49.6 Å². The van der Waals surface area contributed by atoms with Crippen LogP contribution in [0.4, 0.5) is 4.79 Å². The number of amides is 3. The maximum Gasteiger partial charge on any atom is 0.327 e. The summed E-state index contributed by atoms with van der Waals surface area (Å²) in [6.45, 7) is 1.55. The highest BCUT2D eigenvalue weighted by Crippen LogP contribution is 2.34. The second kappa shape index (κ2) is 7.79. The van der Waals surface area contributed by atoms with Gasteiger partial charge < -0.3 is 9.64 Å². The molecule has 1 saturated heterocycles. The molecule has 0 N–H and O–H groups in total. The molecule has 0 aromatic heterocycles. The Hall–Kier alpha value is -1.88. The van der Waals surface area contributed by atoms with Gasteiger partial charge in [-0.25, -0.2) is 4.79 Å². The van der Waals surface area contributed by atoms with Crippen LogP contribution in [-0.2, 0) is 9.53 Å². The van der Waals surface area contributed by atoms with Crippen molar-refractivity contribution in [2.24, 2.45) is 5.92 Å². The molecule has 3 amide bonds. The van der Waals surface area contributed by atoms with E-state index in [0.717, 1.165) is 31.2 Å². The summed E-state index contributed by atoms with van der Waals surface area (Å²) in [4.78, 5) is 29.2. The van der Waals surface area contributed by atoms with Gasteiger partial charge >= 0.3 is 6.03 Å². The number of hydrogen-bond donors (Lipinski definition) is 0. The molecule has 1 aliphatic carbocycles. The first kappa shape index (κ1) is 17.0. The zero-order valence-electron chi connectivity index (χ0n) is 14.3. The average molecular weight is 330 g/mol. The summed E-state index contributed by atoms with van der Waals surface area (Å²) in [7, 11) is 1.63. The molecule has 1 aromatic carbocycles. The van der Waals surface area contributed by atoms with E-state index in [1.54, 1.807) is 12.0 Å². The number of rotatable bonds is 5. The maximum atomic E-state index is 13.1. The lowest BCUT2D eigenvalue weighted by atomic mass is 9.88. The van der Waals surface area contributed by atoms with E-state index in [0.29, 0.717) is 19.7 Å². The topological polar surface area (TPSA) is 49.9 Å².